The second-order valence-corrected chi connectivity index (χ2v) is 8.96. The van der Waals surface area contributed by atoms with Crippen molar-refractivity contribution in [3.8, 4) is 0 Å². The van der Waals surface area contributed by atoms with Gasteiger partial charge in [-0.1, -0.05) is 24.3 Å². The molecule has 1 unspecified atom stereocenters. The summed E-state index contributed by atoms with van der Waals surface area (Å²) in [5.41, 5.74) is 0.562. The molecule has 2 saturated heterocycles. The Bertz CT molecular complexity index is 602. The molecule has 1 atom stereocenters. The van der Waals surface area contributed by atoms with Crippen LogP contribution < -0.4 is 5.46 Å². The highest BCUT2D eigenvalue weighted by molar-refractivity contribution is 6.62. The number of morpholine rings is 1. The second kappa shape index (κ2) is 6.91. The highest BCUT2D eigenvalue weighted by Gasteiger charge is 2.51. The maximum Gasteiger partial charge on any atom is 0.494 e. The van der Waals surface area contributed by atoms with Crippen LogP contribution in [0.5, 0.6) is 0 Å². The van der Waals surface area contributed by atoms with E-state index >= 15 is 0 Å². The summed E-state index contributed by atoms with van der Waals surface area (Å²) in [4.78, 5) is 2.30. The fourth-order valence-electron chi connectivity index (χ4n) is 3.72. The molecule has 1 aromatic carbocycles. The van der Waals surface area contributed by atoms with E-state index in [2.05, 4.69) is 56.9 Å². The van der Waals surface area contributed by atoms with Gasteiger partial charge in [-0.3, -0.25) is 4.90 Å². The molecule has 144 valence electrons. The van der Waals surface area contributed by atoms with E-state index in [-0.39, 0.29) is 24.4 Å². The number of benzene rings is 1. The van der Waals surface area contributed by atoms with Crippen molar-refractivity contribution in [2.24, 2.45) is 0 Å². The maximum atomic E-state index is 10.8. The fourth-order valence-corrected chi connectivity index (χ4v) is 3.72. The van der Waals surface area contributed by atoms with Crippen LogP contribution in [-0.2, 0) is 14.0 Å². The Kier molecular flexibility index (Phi) is 5.28. The molecular weight excluding hydrogens is 329 g/mol. The van der Waals surface area contributed by atoms with Crippen molar-refractivity contribution in [1.29, 1.82) is 0 Å². The zero-order chi connectivity index (χ0) is 19.2. The first-order valence-electron chi connectivity index (χ1n) is 9.51. The first-order chi connectivity index (χ1) is 12.0. The van der Waals surface area contributed by atoms with E-state index in [4.69, 9.17) is 14.0 Å². The third-order valence-corrected chi connectivity index (χ3v) is 5.86. The average molecular weight is 361 g/mol. The van der Waals surface area contributed by atoms with Crippen molar-refractivity contribution in [3.05, 3.63) is 29.8 Å². The van der Waals surface area contributed by atoms with Gasteiger partial charge in [-0.25, -0.2) is 0 Å². The maximum absolute atomic E-state index is 10.8. The Morgan fingerprint density at radius 2 is 1.50 bits per heavy atom. The summed E-state index contributed by atoms with van der Waals surface area (Å²) in [6.07, 6.45) is 0. The third kappa shape index (κ3) is 3.85. The van der Waals surface area contributed by atoms with Crippen LogP contribution in [-0.4, -0.2) is 60.2 Å². The average Bonchev–Trinajstić information content (AvgIpc) is 2.76. The summed E-state index contributed by atoms with van der Waals surface area (Å²) in [5.74, 6) is 0. The summed E-state index contributed by atoms with van der Waals surface area (Å²) in [7, 11) is -0.363. The molecule has 6 heteroatoms. The first kappa shape index (κ1) is 19.8. The molecule has 0 spiro atoms. The van der Waals surface area contributed by atoms with Crippen molar-refractivity contribution >= 4 is 12.6 Å². The SMILES string of the molecule is CC(C)(O)C(c1ccc(B2OC(C)(C)C(C)(C)O2)cc1)N1CCOCC1. The van der Waals surface area contributed by atoms with Gasteiger partial charge in [-0.15, -0.1) is 0 Å². The Morgan fingerprint density at radius 1 is 1.00 bits per heavy atom. The minimum atomic E-state index is -0.844. The summed E-state index contributed by atoms with van der Waals surface area (Å²) < 4.78 is 17.7. The van der Waals surface area contributed by atoms with E-state index < -0.39 is 5.60 Å². The molecule has 0 aliphatic carbocycles. The quantitative estimate of drug-likeness (QED) is 0.833. The highest BCUT2D eigenvalue weighted by Crippen LogP contribution is 2.37. The van der Waals surface area contributed by atoms with Gasteiger partial charge in [0, 0.05) is 13.1 Å². The second-order valence-electron chi connectivity index (χ2n) is 8.96. The van der Waals surface area contributed by atoms with Crippen molar-refractivity contribution in [2.45, 2.75) is 64.4 Å². The largest absolute Gasteiger partial charge is 0.494 e. The summed E-state index contributed by atoms with van der Waals surface area (Å²) in [6, 6.07) is 8.20. The van der Waals surface area contributed by atoms with Gasteiger partial charge in [-0.05, 0) is 52.6 Å². The molecule has 2 heterocycles. The Hall–Kier alpha value is -0.915. The lowest BCUT2D eigenvalue weighted by atomic mass is 9.78. The van der Waals surface area contributed by atoms with Crippen LogP contribution in [0.2, 0.25) is 0 Å². The van der Waals surface area contributed by atoms with E-state index in [1.165, 1.54) is 0 Å². The molecule has 3 rings (SSSR count). The van der Waals surface area contributed by atoms with Gasteiger partial charge in [0.2, 0.25) is 0 Å². The molecule has 2 aliphatic heterocycles. The lowest BCUT2D eigenvalue weighted by molar-refractivity contribution is -0.0602. The van der Waals surface area contributed by atoms with Gasteiger partial charge in [-0.2, -0.15) is 0 Å². The normalized spacial score (nSPS) is 24.7. The van der Waals surface area contributed by atoms with Crippen molar-refractivity contribution in [3.63, 3.8) is 0 Å². The minimum absolute atomic E-state index is 0.0706. The Morgan fingerprint density at radius 3 is 1.96 bits per heavy atom. The zero-order valence-electron chi connectivity index (χ0n) is 16.9. The van der Waals surface area contributed by atoms with E-state index in [9.17, 15) is 5.11 Å². The molecule has 1 aromatic rings. The van der Waals surface area contributed by atoms with E-state index in [0.29, 0.717) is 13.2 Å². The molecule has 0 saturated carbocycles. The van der Waals surface area contributed by atoms with Crippen LogP contribution in [0.3, 0.4) is 0 Å². The number of hydrogen-bond donors (Lipinski definition) is 1. The van der Waals surface area contributed by atoms with Crippen LogP contribution in [0.4, 0.5) is 0 Å². The van der Waals surface area contributed by atoms with Crippen LogP contribution in [0.25, 0.3) is 0 Å². The van der Waals surface area contributed by atoms with E-state index in [1.54, 1.807) is 0 Å². The molecular formula is C20H32BNO4. The lowest BCUT2D eigenvalue weighted by Crippen LogP contribution is -2.47. The lowest BCUT2D eigenvalue weighted by Gasteiger charge is -2.41. The van der Waals surface area contributed by atoms with Crippen LogP contribution in [0.15, 0.2) is 24.3 Å². The number of rotatable bonds is 4. The summed E-state index contributed by atoms with van der Waals surface area (Å²) in [5, 5.41) is 10.8. The van der Waals surface area contributed by atoms with Gasteiger partial charge in [0.05, 0.1) is 36.1 Å². The topological polar surface area (TPSA) is 51.2 Å². The van der Waals surface area contributed by atoms with Crippen LogP contribution in [0.1, 0.15) is 53.1 Å². The van der Waals surface area contributed by atoms with Crippen molar-refractivity contribution < 1.29 is 19.2 Å². The van der Waals surface area contributed by atoms with E-state index in [0.717, 1.165) is 24.1 Å². The molecule has 2 aliphatic rings. The molecule has 0 aromatic heterocycles. The number of aliphatic hydroxyl groups is 1. The predicted octanol–water partition coefficient (Wildman–Crippen LogP) is 2.13. The molecule has 0 bridgehead atoms. The number of hydrogen-bond acceptors (Lipinski definition) is 5. The van der Waals surface area contributed by atoms with Gasteiger partial charge in [0.1, 0.15) is 0 Å². The van der Waals surface area contributed by atoms with Gasteiger partial charge >= 0.3 is 7.12 Å². The van der Waals surface area contributed by atoms with Gasteiger partial charge < -0.3 is 19.2 Å². The van der Waals surface area contributed by atoms with Crippen molar-refractivity contribution in [2.75, 3.05) is 26.3 Å². The van der Waals surface area contributed by atoms with Crippen LogP contribution in [0, 0.1) is 0 Å². The first-order valence-corrected chi connectivity index (χ1v) is 9.51. The molecule has 1 N–H and O–H groups in total. The smallest absolute Gasteiger partial charge is 0.399 e. The van der Waals surface area contributed by atoms with Gasteiger partial charge in [0.15, 0.2) is 0 Å². The summed E-state index contributed by atoms with van der Waals surface area (Å²) >= 11 is 0. The molecule has 0 amide bonds. The standard InChI is InChI=1S/C20H32BNO4/c1-18(2,23)17(22-11-13-24-14-12-22)15-7-9-16(10-8-15)21-25-19(3,4)20(5,6)26-21/h7-10,17,23H,11-14H2,1-6H3. The summed E-state index contributed by atoms with van der Waals surface area (Å²) in [6.45, 7) is 15.0. The third-order valence-electron chi connectivity index (χ3n) is 5.86. The van der Waals surface area contributed by atoms with Crippen molar-refractivity contribution in [1.82, 2.24) is 4.90 Å². The van der Waals surface area contributed by atoms with E-state index in [1.807, 2.05) is 13.8 Å². The predicted molar refractivity (Wildman–Crippen MR) is 104 cm³/mol. The Balaban J connectivity index is 1.81. The molecule has 2 fully saturated rings. The number of nitrogens with zero attached hydrogens (tertiary/aromatic N) is 1. The molecule has 5 nitrogen and oxygen atoms in total. The molecule has 26 heavy (non-hydrogen) atoms. The molecule has 0 radical (unpaired) electrons. The number of ether oxygens (including phenoxy) is 1. The van der Waals surface area contributed by atoms with Crippen LogP contribution >= 0.6 is 0 Å². The zero-order valence-corrected chi connectivity index (χ0v) is 16.9. The fraction of sp³-hybridized carbons (Fsp3) is 0.700. The Labute approximate surface area is 157 Å². The highest BCUT2D eigenvalue weighted by atomic mass is 16.7. The minimum Gasteiger partial charge on any atom is -0.399 e. The van der Waals surface area contributed by atoms with Gasteiger partial charge in [0.25, 0.3) is 0 Å². The monoisotopic (exact) mass is 361 g/mol.